The molecule has 0 aromatic carbocycles. The quantitative estimate of drug-likeness (QED) is 0.380. The molecule has 0 saturated carbocycles. The number of hydrogen-bond donors (Lipinski definition) is 2. The summed E-state index contributed by atoms with van der Waals surface area (Å²) in [6.45, 7) is 4.06. The van der Waals surface area contributed by atoms with Gasteiger partial charge in [0.15, 0.2) is 0 Å². The van der Waals surface area contributed by atoms with Crippen LogP contribution in [0.1, 0.15) is 19.9 Å². The van der Waals surface area contributed by atoms with Crippen molar-refractivity contribution < 1.29 is 4.79 Å². The molecule has 78 valence electrons. The van der Waals surface area contributed by atoms with Crippen molar-refractivity contribution in [1.29, 1.82) is 0 Å². The van der Waals surface area contributed by atoms with Crippen LogP contribution >= 0.6 is 0 Å². The van der Waals surface area contributed by atoms with E-state index in [0.29, 0.717) is 6.54 Å². The number of aryl methyl sites for hydroxylation is 1. The molecule has 0 spiro atoms. The van der Waals surface area contributed by atoms with E-state index in [1.165, 1.54) is 9.13 Å². The van der Waals surface area contributed by atoms with E-state index in [9.17, 15) is 9.59 Å². The summed E-state index contributed by atoms with van der Waals surface area (Å²) >= 11 is 0. The molecular weight excluding hydrogens is 184 g/mol. The van der Waals surface area contributed by atoms with E-state index in [4.69, 9.17) is 5.84 Å². The third-order valence-electron chi connectivity index (χ3n) is 2.15. The van der Waals surface area contributed by atoms with Gasteiger partial charge < -0.3 is 0 Å². The van der Waals surface area contributed by atoms with Gasteiger partial charge >= 0.3 is 5.69 Å². The van der Waals surface area contributed by atoms with Crippen LogP contribution in [-0.4, -0.2) is 15.0 Å². The highest BCUT2D eigenvalue weighted by molar-refractivity contribution is 5.79. The average Bonchev–Trinajstić information content (AvgIpc) is 2.57. The largest absolute Gasteiger partial charge is 0.328 e. The first kappa shape index (κ1) is 10.5. The number of carbonyl (C=O) groups excluding carboxylic acids is 1. The minimum Gasteiger partial charge on any atom is -0.299 e. The van der Waals surface area contributed by atoms with E-state index >= 15 is 0 Å². The van der Waals surface area contributed by atoms with Gasteiger partial charge in [0.2, 0.25) is 0 Å². The number of nitrogens with one attached hydrogen (secondary N) is 1. The summed E-state index contributed by atoms with van der Waals surface area (Å²) in [7, 11) is 0. The molecule has 0 aliphatic heterocycles. The van der Waals surface area contributed by atoms with Crippen LogP contribution in [0, 0.1) is 0 Å². The Morgan fingerprint density at radius 1 is 1.64 bits per heavy atom. The lowest BCUT2D eigenvalue weighted by Gasteiger charge is -2.09. The molecule has 1 heterocycles. The van der Waals surface area contributed by atoms with E-state index in [1.807, 2.05) is 12.3 Å². The van der Waals surface area contributed by atoms with Crippen molar-refractivity contribution in [2.24, 2.45) is 5.84 Å². The van der Waals surface area contributed by atoms with Gasteiger partial charge in [-0.2, -0.15) is 0 Å². The molecule has 1 aromatic heterocycles. The molecule has 0 radical (unpaired) electrons. The summed E-state index contributed by atoms with van der Waals surface area (Å²) in [4.78, 5) is 22.7. The van der Waals surface area contributed by atoms with Crippen LogP contribution in [0.2, 0.25) is 0 Å². The number of nitrogens with zero attached hydrogens (tertiary/aromatic N) is 2. The topological polar surface area (TPSA) is 82.1 Å². The van der Waals surface area contributed by atoms with Crippen molar-refractivity contribution in [3.8, 4) is 0 Å². The van der Waals surface area contributed by atoms with Crippen molar-refractivity contribution in [1.82, 2.24) is 14.6 Å². The number of nitrogens with two attached hydrogens (primary N) is 1. The number of hydrogen-bond acceptors (Lipinski definition) is 3. The molecule has 1 amide bonds. The predicted octanol–water partition coefficient (Wildman–Crippen LogP) is -0.779. The molecule has 1 atom stereocenters. The monoisotopic (exact) mass is 198 g/mol. The van der Waals surface area contributed by atoms with Crippen molar-refractivity contribution >= 4 is 5.91 Å². The Morgan fingerprint density at radius 2 is 2.29 bits per heavy atom. The molecule has 1 rings (SSSR count). The zero-order valence-corrected chi connectivity index (χ0v) is 8.23. The second-order valence-electron chi connectivity index (χ2n) is 2.96. The Hall–Kier alpha value is -1.56. The van der Waals surface area contributed by atoms with Gasteiger partial charge in [-0.25, -0.2) is 10.6 Å². The Labute approximate surface area is 81.3 Å². The van der Waals surface area contributed by atoms with Gasteiger partial charge in [0.1, 0.15) is 6.04 Å². The van der Waals surface area contributed by atoms with E-state index in [0.717, 1.165) is 0 Å². The van der Waals surface area contributed by atoms with Crippen LogP contribution in [0.15, 0.2) is 17.2 Å². The van der Waals surface area contributed by atoms with Crippen molar-refractivity contribution in [2.45, 2.75) is 26.4 Å². The summed E-state index contributed by atoms with van der Waals surface area (Å²) < 4.78 is 2.85. The number of aromatic nitrogens is 2. The minimum atomic E-state index is -0.583. The maximum Gasteiger partial charge on any atom is 0.328 e. The third-order valence-corrected chi connectivity index (χ3v) is 2.15. The molecule has 3 N–H and O–H groups in total. The van der Waals surface area contributed by atoms with Gasteiger partial charge in [0.05, 0.1) is 0 Å². The van der Waals surface area contributed by atoms with Gasteiger partial charge in [0.25, 0.3) is 5.91 Å². The lowest BCUT2D eigenvalue weighted by Crippen LogP contribution is -2.39. The molecule has 6 nitrogen and oxygen atoms in total. The fourth-order valence-corrected chi connectivity index (χ4v) is 1.21. The van der Waals surface area contributed by atoms with Crippen LogP contribution < -0.4 is 17.0 Å². The van der Waals surface area contributed by atoms with E-state index in [2.05, 4.69) is 0 Å². The smallest absolute Gasteiger partial charge is 0.299 e. The Bertz CT molecular complexity index is 379. The first-order chi connectivity index (χ1) is 6.61. The normalized spacial score (nSPS) is 12.5. The summed E-state index contributed by atoms with van der Waals surface area (Å²) in [6, 6.07) is -0.583. The molecule has 0 bridgehead atoms. The Kier molecular flexibility index (Phi) is 3.08. The highest BCUT2D eigenvalue weighted by Gasteiger charge is 2.15. The van der Waals surface area contributed by atoms with Gasteiger partial charge in [0, 0.05) is 18.9 Å². The van der Waals surface area contributed by atoms with Crippen molar-refractivity contribution in [2.75, 3.05) is 0 Å². The van der Waals surface area contributed by atoms with Crippen LogP contribution in [0.4, 0.5) is 0 Å². The van der Waals surface area contributed by atoms with Crippen molar-refractivity contribution in [3.63, 3.8) is 0 Å². The number of hydrazine groups is 1. The average molecular weight is 198 g/mol. The lowest BCUT2D eigenvalue weighted by atomic mass is 10.3. The molecule has 6 heteroatoms. The standard InChI is InChI=1S/C8H14N4O2/c1-3-11-4-5-12(8(11)14)6(2)7(13)10-9/h4-6H,3,9H2,1-2H3,(H,10,13). The summed E-state index contributed by atoms with van der Waals surface area (Å²) in [5.74, 6) is 4.59. The number of imidazole rings is 1. The first-order valence-electron chi connectivity index (χ1n) is 4.39. The molecule has 14 heavy (non-hydrogen) atoms. The second kappa shape index (κ2) is 4.10. The zero-order valence-electron chi connectivity index (χ0n) is 8.23. The van der Waals surface area contributed by atoms with E-state index in [-0.39, 0.29) is 11.6 Å². The molecule has 1 unspecified atom stereocenters. The number of rotatable bonds is 3. The molecule has 0 fully saturated rings. The number of carbonyl (C=O) groups is 1. The fraction of sp³-hybridized carbons (Fsp3) is 0.500. The third kappa shape index (κ3) is 1.69. The minimum absolute atomic E-state index is 0.205. The van der Waals surface area contributed by atoms with Gasteiger partial charge in [-0.3, -0.25) is 19.4 Å². The highest BCUT2D eigenvalue weighted by Crippen LogP contribution is 2.00. The van der Waals surface area contributed by atoms with E-state index in [1.54, 1.807) is 19.3 Å². The Morgan fingerprint density at radius 3 is 2.71 bits per heavy atom. The summed E-state index contributed by atoms with van der Waals surface area (Å²) in [5, 5.41) is 0. The Balaban J connectivity index is 3.02. The van der Waals surface area contributed by atoms with E-state index < -0.39 is 6.04 Å². The molecule has 0 aliphatic carbocycles. The zero-order chi connectivity index (χ0) is 10.7. The maximum absolute atomic E-state index is 11.6. The maximum atomic E-state index is 11.6. The predicted molar refractivity (Wildman–Crippen MR) is 51.4 cm³/mol. The van der Waals surface area contributed by atoms with Crippen LogP contribution in [0.5, 0.6) is 0 Å². The fourth-order valence-electron chi connectivity index (χ4n) is 1.21. The number of amides is 1. The van der Waals surface area contributed by atoms with Crippen LogP contribution in [-0.2, 0) is 11.3 Å². The van der Waals surface area contributed by atoms with Crippen LogP contribution in [0.3, 0.4) is 0 Å². The van der Waals surface area contributed by atoms with Gasteiger partial charge in [-0.05, 0) is 13.8 Å². The first-order valence-corrected chi connectivity index (χ1v) is 4.39. The van der Waals surface area contributed by atoms with Gasteiger partial charge in [-0.15, -0.1) is 0 Å². The second-order valence-corrected chi connectivity index (χ2v) is 2.96. The van der Waals surface area contributed by atoms with Crippen molar-refractivity contribution in [3.05, 3.63) is 22.9 Å². The summed E-state index contributed by atoms with van der Waals surface area (Å²) in [5.41, 5.74) is 1.80. The van der Waals surface area contributed by atoms with Crippen LogP contribution in [0.25, 0.3) is 0 Å². The summed E-state index contributed by atoms with van der Waals surface area (Å²) in [6.07, 6.45) is 3.22. The molecule has 0 aliphatic rings. The molecule has 0 saturated heterocycles. The highest BCUT2D eigenvalue weighted by atomic mass is 16.2. The lowest BCUT2D eigenvalue weighted by molar-refractivity contribution is -0.124. The SMILES string of the molecule is CCn1ccn(C(C)C(=O)NN)c1=O. The van der Waals surface area contributed by atoms with Gasteiger partial charge in [-0.1, -0.05) is 0 Å². The molecular formula is C8H14N4O2. The molecule has 1 aromatic rings.